The number of aliphatic imine (C=N–C) groups is 1. The quantitative estimate of drug-likeness (QED) is 0.565. The van der Waals surface area contributed by atoms with Crippen LogP contribution in [0.5, 0.6) is 11.5 Å². The minimum absolute atomic E-state index is 0.517. The third-order valence-corrected chi connectivity index (χ3v) is 3.64. The largest absolute Gasteiger partial charge is 0.497 e. The predicted octanol–water partition coefficient (Wildman–Crippen LogP) is 1.96. The summed E-state index contributed by atoms with van der Waals surface area (Å²) in [5, 5.41) is 10.8. The molecule has 0 unspecified atom stereocenters. The second-order valence-electron chi connectivity index (χ2n) is 5.58. The minimum atomic E-state index is 0.517. The molecule has 1 aromatic heterocycles. The fourth-order valence-corrected chi connectivity index (χ4v) is 2.37. The van der Waals surface area contributed by atoms with E-state index in [4.69, 9.17) is 9.47 Å². The van der Waals surface area contributed by atoms with Gasteiger partial charge in [-0.25, -0.2) is 4.99 Å². The van der Waals surface area contributed by atoms with E-state index in [1.807, 2.05) is 49.1 Å². The van der Waals surface area contributed by atoms with E-state index in [1.165, 1.54) is 0 Å². The van der Waals surface area contributed by atoms with Gasteiger partial charge >= 0.3 is 0 Å². The average Bonchev–Trinajstić information content (AvgIpc) is 3.04. The van der Waals surface area contributed by atoms with E-state index in [0.717, 1.165) is 48.2 Å². The highest BCUT2D eigenvalue weighted by atomic mass is 16.5. The number of nitrogens with one attached hydrogen (secondary N) is 2. The molecule has 0 aliphatic rings. The topological polar surface area (TPSA) is 72.7 Å². The van der Waals surface area contributed by atoms with Crippen LogP contribution < -0.4 is 20.1 Å². The zero-order chi connectivity index (χ0) is 18.1. The lowest BCUT2D eigenvalue weighted by Crippen LogP contribution is -2.38. The van der Waals surface area contributed by atoms with Crippen molar-refractivity contribution in [2.45, 2.75) is 26.9 Å². The van der Waals surface area contributed by atoms with E-state index in [-0.39, 0.29) is 0 Å². The number of benzene rings is 1. The summed E-state index contributed by atoms with van der Waals surface area (Å²) in [5.41, 5.74) is 2.16. The SMILES string of the molecule is CCNC(=NCc1ccc(OC)cc1OC)NCCn1cc(C)cn1. The van der Waals surface area contributed by atoms with Gasteiger partial charge in [0.2, 0.25) is 0 Å². The first-order valence-electron chi connectivity index (χ1n) is 8.38. The molecule has 2 aromatic rings. The van der Waals surface area contributed by atoms with Gasteiger partial charge in [0.25, 0.3) is 0 Å². The Labute approximate surface area is 149 Å². The first-order valence-corrected chi connectivity index (χ1v) is 8.38. The summed E-state index contributed by atoms with van der Waals surface area (Å²) < 4.78 is 12.6. The molecule has 0 atom stereocenters. The molecule has 1 aromatic carbocycles. The van der Waals surface area contributed by atoms with Crippen molar-refractivity contribution in [1.82, 2.24) is 20.4 Å². The fourth-order valence-electron chi connectivity index (χ4n) is 2.37. The second-order valence-corrected chi connectivity index (χ2v) is 5.58. The highest BCUT2D eigenvalue weighted by molar-refractivity contribution is 5.79. The maximum absolute atomic E-state index is 5.42. The summed E-state index contributed by atoms with van der Waals surface area (Å²) in [6.07, 6.45) is 3.88. The number of aromatic nitrogens is 2. The molecule has 0 amide bonds. The molecule has 0 saturated heterocycles. The zero-order valence-electron chi connectivity index (χ0n) is 15.4. The van der Waals surface area contributed by atoms with E-state index in [1.54, 1.807) is 14.2 Å². The van der Waals surface area contributed by atoms with Crippen LogP contribution in [0.2, 0.25) is 0 Å². The highest BCUT2D eigenvalue weighted by Gasteiger charge is 2.05. The third-order valence-electron chi connectivity index (χ3n) is 3.64. The van der Waals surface area contributed by atoms with Crippen molar-refractivity contribution >= 4 is 5.96 Å². The minimum Gasteiger partial charge on any atom is -0.497 e. The van der Waals surface area contributed by atoms with Crippen LogP contribution in [0.3, 0.4) is 0 Å². The van der Waals surface area contributed by atoms with Crippen LogP contribution >= 0.6 is 0 Å². The number of hydrogen-bond donors (Lipinski definition) is 2. The van der Waals surface area contributed by atoms with E-state index < -0.39 is 0 Å². The van der Waals surface area contributed by atoms with Crippen molar-refractivity contribution in [3.8, 4) is 11.5 Å². The van der Waals surface area contributed by atoms with Crippen molar-refractivity contribution in [2.75, 3.05) is 27.3 Å². The van der Waals surface area contributed by atoms with Gasteiger partial charge in [-0.1, -0.05) is 0 Å². The Morgan fingerprint density at radius 3 is 2.72 bits per heavy atom. The lowest BCUT2D eigenvalue weighted by Gasteiger charge is -2.13. The molecule has 0 spiro atoms. The highest BCUT2D eigenvalue weighted by Crippen LogP contribution is 2.25. The van der Waals surface area contributed by atoms with Gasteiger partial charge in [0.1, 0.15) is 11.5 Å². The van der Waals surface area contributed by atoms with Crippen LogP contribution in [0.25, 0.3) is 0 Å². The molecule has 2 rings (SSSR count). The standard InChI is InChI=1S/C18H27N5O2/c1-5-19-18(20-8-9-23-13-14(2)11-22-23)21-12-15-6-7-16(24-3)10-17(15)25-4/h6-7,10-11,13H,5,8-9,12H2,1-4H3,(H2,19,20,21). The van der Waals surface area contributed by atoms with Gasteiger partial charge < -0.3 is 20.1 Å². The molecule has 2 N–H and O–H groups in total. The second kappa shape index (κ2) is 9.56. The molecule has 0 saturated carbocycles. The molecule has 25 heavy (non-hydrogen) atoms. The number of methoxy groups -OCH3 is 2. The lowest BCUT2D eigenvalue weighted by atomic mass is 10.2. The number of rotatable bonds is 8. The first kappa shape index (κ1) is 18.6. The molecule has 1 heterocycles. The van der Waals surface area contributed by atoms with Crippen LogP contribution in [0.15, 0.2) is 35.6 Å². The Hall–Kier alpha value is -2.70. The van der Waals surface area contributed by atoms with Crippen molar-refractivity contribution < 1.29 is 9.47 Å². The lowest BCUT2D eigenvalue weighted by molar-refractivity contribution is 0.391. The Morgan fingerprint density at radius 1 is 1.24 bits per heavy atom. The van der Waals surface area contributed by atoms with Crippen LogP contribution in [0, 0.1) is 6.92 Å². The zero-order valence-corrected chi connectivity index (χ0v) is 15.4. The van der Waals surface area contributed by atoms with Gasteiger partial charge in [0.05, 0.1) is 33.5 Å². The van der Waals surface area contributed by atoms with Gasteiger partial charge in [0, 0.05) is 30.9 Å². The summed E-state index contributed by atoms with van der Waals surface area (Å²) >= 11 is 0. The maximum atomic E-state index is 5.42. The first-order chi connectivity index (χ1) is 12.2. The van der Waals surface area contributed by atoms with Crippen molar-refractivity contribution in [3.05, 3.63) is 41.7 Å². The van der Waals surface area contributed by atoms with Crippen molar-refractivity contribution in [1.29, 1.82) is 0 Å². The molecule has 0 aliphatic heterocycles. The monoisotopic (exact) mass is 345 g/mol. The molecule has 0 radical (unpaired) electrons. The summed E-state index contributed by atoms with van der Waals surface area (Å²) in [7, 11) is 3.29. The van der Waals surface area contributed by atoms with E-state index >= 15 is 0 Å². The molecular formula is C18H27N5O2. The summed E-state index contributed by atoms with van der Waals surface area (Å²) in [4.78, 5) is 4.63. The van der Waals surface area contributed by atoms with Gasteiger partial charge in [-0.2, -0.15) is 5.10 Å². The maximum Gasteiger partial charge on any atom is 0.191 e. The van der Waals surface area contributed by atoms with Crippen LogP contribution in [0.1, 0.15) is 18.1 Å². The Kier molecular flexibility index (Phi) is 7.13. The number of aryl methyl sites for hydroxylation is 1. The fraction of sp³-hybridized carbons (Fsp3) is 0.444. The van der Waals surface area contributed by atoms with Gasteiger partial charge in [-0.15, -0.1) is 0 Å². The van der Waals surface area contributed by atoms with Gasteiger partial charge in [-0.05, 0) is 31.5 Å². The summed E-state index contributed by atoms with van der Waals surface area (Å²) in [6, 6.07) is 5.75. The summed E-state index contributed by atoms with van der Waals surface area (Å²) in [5.74, 6) is 2.30. The predicted molar refractivity (Wildman–Crippen MR) is 99.3 cm³/mol. The third kappa shape index (κ3) is 5.70. The molecule has 0 aliphatic carbocycles. The van der Waals surface area contributed by atoms with Crippen LogP contribution in [0.4, 0.5) is 0 Å². The number of ether oxygens (including phenoxy) is 2. The Balaban J connectivity index is 1.96. The Morgan fingerprint density at radius 2 is 2.08 bits per heavy atom. The van der Waals surface area contributed by atoms with E-state index in [0.29, 0.717) is 6.54 Å². The van der Waals surface area contributed by atoms with Crippen molar-refractivity contribution in [3.63, 3.8) is 0 Å². The summed E-state index contributed by atoms with van der Waals surface area (Å²) in [6.45, 7) is 6.92. The molecule has 0 fully saturated rings. The van der Waals surface area contributed by atoms with E-state index in [9.17, 15) is 0 Å². The van der Waals surface area contributed by atoms with E-state index in [2.05, 4.69) is 20.7 Å². The van der Waals surface area contributed by atoms with Crippen molar-refractivity contribution in [2.24, 2.45) is 4.99 Å². The van der Waals surface area contributed by atoms with Gasteiger partial charge in [-0.3, -0.25) is 4.68 Å². The molecule has 7 heteroatoms. The molecule has 136 valence electrons. The van der Waals surface area contributed by atoms with Gasteiger partial charge in [0.15, 0.2) is 5.96 Å². The Bertz CT molecular complexity index is 697. The van der Waals surface area contributed by atoms with Crippen LogP contribution in [-0.2, 0) is 13.1 Å². The number of nitrogens with zero attached hydrogens (tertiary/aromatic N) is 3. The van der Waals surface area contributed by atoms with Crippen LogP contribution in [-0.4, -0.2) is 43.0 Å². The molecule has 0 bridgehead atoms. The molecule has 7 nitrogen and oxygen atoms in total. The normalized spacial score (nSPS) is 11.3. The molecular weight excluding hydrogens is 318 g/mol. The number of guanidine groups is 1. The smallest absolute Gasteiger partial charge is 0.191 e. The average molecular weight is 345 g/mol. The number of hydrogen-bond acceptors (Lipinski definition) is 4.